The fraction of sp³-hybridized carbons (Fsp3) is 0.133. The van der Waals surface area contributed by atoms with Crippen molar-refractivity contribution < 1.29 is 4.74 Å². The lowest BCUT2D eigenvalue weighted by molar-refractivity contribution is 0.478. The van der Waals surface area contributed by atoms with Crippen LogP contribution in [-0.2, 0) is 0 Å². The molecule has 0 aromatic heterocycles. The fourth-order valence-electron chi connectivity index (χ4n) is 1.60. The van der Waals surface area contributed by atoms with Crippen LogP contribution in [0.15, 0.2) is 42.5 Å². The maximum Gasteiger partial charge on any atom is 0.130 e. The van der Waals surface area contributed by atoms with E-state index in [1.54, 1.807) is 0 Å². The summed E-state index contributed by atoms with van der Waals surface area (Å²) in [4.78, 5) is 0. The molecule has 0 unspecified atom stereocenters. The van der Waals surface area contributed by atoms with E-state index in [0.717, 1.165) is 22.6 Å². The molecule has 2 aromatic rings. The molecule has 1 radical (unpaired) electrons. The third kappa shape index (κ3) is 2.43. The van der Waals surface area contributed by atoms with Crippen molar-refractivity contribution in [2.75, 3.05) is 0 Å². The van der Waals surface area contributed by atoms with Crippen molar-refractivity contribution in [2.45, 2.75) is 13.8 Å². The summed E-state index contributed by atoms with van der Waals surface area (Å²) < 4.78 is 5.79. The third-order valence-corrected chi connectivity index (χ3v) is 2.48. The van der Waals surface area contributed by atoms with Gasteiger partial charge in [0.15, 0.2) is 0 Å². The predicted octanol–water partition coefficient (Wildman–Crippen LogP) is 4.28. The highest BCUT2D eigenvalue weighted by atomic mass is 16.5. The molecule has 0 aliphatic heterocycles. The van der Waals surface area contributed by atoms with Crippen LogP contribution in [0.2, 0.25) is 0 Å². The highest BCUT2D eigenvalue weighted by Crippen LogP contribution is 2.25. The number of rotatable bonds is 2. The van der Waals surface area contributed by atoms with Gasteiger partial charge in [0, 0.05) is 0 Å². The molecule has 2 aromatic carbocycles. The molecule has 1 nitrogen and oxygen atoms in total. The Morgan fingerprint density at radius 1 is 0.938 bits per heavy atom. The van der Waals surface area contributed by atoms with Crippen LogP contribution < -0.4 is 4.74 Å². The standard InChI is InChI=1S/C15H15O/c1-11-4-7-14(8-5-11)16-15-9-6-12(2)10-13(15)3/h4-10H,1H2,2-3H3. The van der Waals surface area contributed by atoms with E-state index in [1.165, 1.54) is 5.56 Å². The SMILES string of the molecule is [CH2]c1ccc(Oc2ccc(C)cc2C)cc1. The predicted molar refractivity (Wildman–Crippen MR) is 66.9 cm³/mol. The maximum absolute atomic E-state index is 5.79. The van der Waals surface area contributed by atoms with E-state index >= 15 is 0 Å². The molecule has 0 aliphatic rings. The van der Waals surface area contributed by atoms with Gasteiger partial charge in [-0.25, -0.2) is 0 Å². The second kappa shape index (κ2) is 4.40. The monoisotopic (exact) mass is 211 g/mol. The Morgan fingerprint density at radius 3 is 2.25 bits per heavy atom. The molecule has 2 rings (SSSR count). The summed E-state index contributed by atoms with van der Waals surface area (Å²) in [6, 6.07) is 13.9. The lowest BCUT2D eigenvalue weighted by Crippen LogP contribution is -1.88. The number of aryl methyl sites for hydroxylation is 2. The van der Waals surface area contributed by atoms with Gasteiger partial charge in [-0.2, -0.15) is 0 Å². The van der Waals surface area contributed by atoms with Gasteiger partial charge in [-0.3, -0.25) is 0 Å². The van der Waals surface area contributed by atoms with Crippen molar-refractivity contribution in [1.82, 2.24) is 0 Å². The first-order valence-corrected chi connectivity index (χ1v) is 5.32. The van der Waals surface area contributed by atoms with Gasteiger partial charge in [0.25, 0.3) is 0 Å². The van der Waals surface area contributed by atoms with Gasteiger partial charge in [0.05, 0.1) is 0 Å². The van der Waals surface area contributed by atoms with Gasteiger partial charge >= 0.3 is 0 Å². The highest BCUT2D eigenvalue weighted by molar-refractivity contribution is 5.40. The van der Waals surface area contributed by atoms with E-state index < -0.39 is 0 Å². The Labute approximate surface area is 96.7 Å². The number of ether oxygens (including phenoxy) is 1. The molecule has 16 heavy (non-hydrogen) atoms. The zero-order valence-corrected chi connectivity index (χ0v) is 9.66. The maximum atomic E-state index is 5.79. The minimum atomic E-state index is 0.847. The van der Waals surface area contributed by atoms with Crippen LogP contribution in [0.3, 0.4) is 0 Å². The molecule has 0 heterocycles. The first kappa shape index (κ1) is 10.7. The van der Waals surface area contributed by atoms with E-state index in [2.05, 4.69) is 32.9 Å². The first-order chi connectivity index (χ1) is 7.65. The van der Waals surface area contributed by atoms with Crippen LogP contribution in [0.25, 0.3) is 0 Å². The zero-order chi connectivity index (χ0) is 11.5. The van der Waals surface area contributed by atoms with E-state index in [-0.39, 0.29) is 0 Å². The molecule has 0 bridgehead atoms. The number of benzene rings is 2. The average Bonchev–Trinajstić information content (AvgIpc) is 2.25. The molecule has 81 valence electrons. The fourth-order valence-corrected chi connectivity index (χ4v) is 1.60. The van der Waals surface area contributed by atoms with Gasteiger partial charge in [0.2, 0.25) is 0 Å². The summed E-state index contributed by atoms with van der Waals surface area (Å²) in [7, 11) is 0. The summed E-state index contributed by atoms with van der Waals surface area (Å²) in [6.07, 6.45) is 0. The van der Waals surface area contributed by atoms with Crippen molar-refractivity contribution in [3.8, 4) is 11.5 Å². The molecular weight excluding hydrogens is 196 g/mol. The quantitative estimate of drug-likeness (QED) is 0.720. The van der Waals surface area contributed by atoms with Crippen molar-refractivity contribution in [2.24, 2.45) is 0 Å². The van der Waals surface area contributed by atoms with Crippen molar-refractivity contribution in [3.63, 3.8) is 0 Å². The molecule has 0 saturated carbocycles. The molecular formula is C15H15O. The van der Waals surface area contributed by atoms with Crippen molar-refractivity contribution in [1.29, 1.82) is 0 Å². The van der Waals surface area contributed by atoms with Crippen LogP contribution in [0.5, 0.6) is 11.5 Å². The Hall–Kier alpha value is -1.76. The summed E-state index contributed by atoms with van der Waals surface area (Å²) in [5.74, 6) is 1.75. The average molecular weight is 211 g/mol. The minimum Gasteiger partial charge on any atom is -0.457 e. The molecule has 0 atom stereocenters. The molecule has 1 heteroatoms. The smallest absolute Gasteiger partial charge is 0.130 e. The van der Waals surface area contributed by atoms with Crippen LogP contribution in [-0.4, -0.2) is 0 Å². The molecule has 0 saturated heterocycles. The van der Waals surface area contributed by atoms with Crippen molar-refractivity contribution in [3.05, 3.63) is 66.1 Å². The zero-order valence-electron chi connectivity index (χ0n) is 9.66. The summed E-state index contributed by atoms with van der Waals surface area (Å²) in [6.45, 7) is 7.97. The van der Waals surface area contributed by atoms with Gasteiger partial charge in [-0.1, -0.05) is 29.8 Å². The molecule has 0 amide bonds. The summed E-state index contributed by atoms with van der Waals surface area (Å²) in [5, 5.41) is 0. The number of hydrogen-bond acceptors (Lipinski definition) is 1. The lowest BCUT2D eigenvalue weighted by atomic mass is 10.1. The van der Waals surface area contributed by atoms with Gasteiger partial charge in [-0.05, 0) is 50.1 Å². The van der Waals surface area contributed by atoms with Gasteiger partial charge in [0.1, 0.15) is 11.5 Å². The molecule has 0 aliphatic carbocycles. The highest BCUT2D eigenvalue weighted by Gasteiger charge is 2.01. The molecule has 0 fully saturated rings. The second-order valence-corrected chi connectivity index (χ2v) is 4.01. The summed E-state index contributed by atoms with van der Waals surface area (Å²) >= 11 is 0. The van der Waals surface area contributed by atoms with Crippen LogP contribution in [0, 0.1) is 20.8 Å². The molecule has 0 spiro atoms. The van der Waals surface area contributed by atoms with Gasteiger partial charge < -0.3 is 4.74 Å². The van der Waals surface area contributed by atoms with E-state index in [1.807, 2.05) is 30.3 Å². The Bertz CT molecular complexity index is 483. The largest absolute Gasteiger partial charge is 0.457 e. The first-order valence-electron chi connectivity index (χ1n) is 5.32. The minimum absolute atomic E-state index is 0.847. The van der Waals surface area contributed by atoms with Crippen LogP contribution in [0.1, 0.15) is 16.7 Å². The van der Waals surface area contributed by atoms with E-state index in [4.69, 9.17) is 4.74 Å². The Kier molecular flexibility index (Phi) is 2.95. The van der Waals surface area contributed by atoms with Crippen molar-refractivity contribution >= 4 is 0 Å². The van der Waals surface area contributed by atoms with Gasteiger partial charge in [-0.15, -0.1) is 0 Å². The second-order valence-electron chi connectivity index (χ2n) is 4.01. The Balaban J connectivity index is 2.23. The molecule has 0 N–H and O–H groups in total. The third-order valence-electron chi connectivity index (χ3n) is 2.48. The normalized spacial score (nSPS) is 10.2. The lowest BCUT2D eigenvalue weighted by Gasteiger charge is -2.09. The number of hydrogen-bond donors (Lipinski definition) is 0. The van der Waals surface area contributed by atoms with Crippen LogP contribution >= 0.6 is 0 Å². The van der Waals surface area contributed by atoms with Crippen LogP contribution in [0.4, 0.5) is 0 Å². The summed E-state index contributed by atoms with van der Waals surface area (Å²) in [5.41, 5.74) is 3.39. The topological polar surface area (TPSA) is 9.23 Å². The van der Waals surface area contributed by atoms with E-state index in [9.17, 15) is 0 Å². The van der Waals surface area contributed by atoms with E-state index in [0.29, 0.717) is 0 Å². The Morgan fingerprint density at radius 2 is 1.62 bits per heavy atom.